The van der Waals surface area contributed by atoms with Crippen LogP contribution in [-0.4, -0.2) is 52.9 Å². The Labute approximate surface area is 255 Å². The van der Waals surface area contributed by atoms with Crippen LogP contribution in [0.2, 0.25) is 0 Å². The minimum absolute atomic E-state index is 0.0910. The smallest absolute Gasteiger partial charge is 0.489 e. The molecule has 0 bridgehead atoms. The van der Waals surface area contributed by atoms with Gasteiger partial charge in [-0.2, -0.15) is 0 Å². The summed E-state index contributed by atoms with van der Waals surface area (Å²) in [5, 5.41) is 14.5. The molecule has 2 heterocycles. The standard InChI is InChI=1S/C31H32F3N3O6S/c1-16(2)41-24-12-18(29(38)39)13-25-27(24)35-30(44-25)37(3)19-10-11-20(14-19)40-15-22-26(36-43-28(22)17-8-9-17)21-6-4-5-7-23(21)42-31(32,33)34/h4-7,12-13,16-17,19-20H,8-11,14-15H2,1-3H3,(H,38,39)/t19-,20+/m1/s1. The summed E-state index contributed by atoms with van der Waals surface area (Å²) in [6, 6.07) is 9.16. The van der Waals surface area contributed by atoms with Gasteiger partial charge in [0.2, 0.25) is 0 Å². The molecule has 0 spiro atoms. The van der Waals surface area contributed by atoms with E-state index in [4.69, 9.17) is 19.0 Å². The molecule has 13 heteroatoms. The second-order valence-electron chi connectivity index (χ2n) is 11.5. The number of rotatable bonds is 11. The van der Waals surface area contributed by atoms with E-state index < -0.39 is 12.3 Å². The second-order valence-corrected chi connectivity index (χ2v) is 12.5. The van der Waals surface area contributed by atoms with Crippen LogP contribution in [0.15, 0.2) is 40.9 Å². The van der Waals surface area contributed by atoms with Gasteiger partial charge >= 0.3 is 12.3 Å². The van der Waals surface area contributed by atoms with Crippen LogP contribution in [0.4, 0.5) is 18.3 Å². The van der Waals surface area contributed by atoms with E-state index in [0.717, 1.165) is 41.9 Å². The zero-order valence-electron chi connectivity index (χ0n) is 24.4. The van der Waals surface area contributed by atoms with E-state index in [1.165, 1.54) is 35.6 Å². The molecule has 4 aromatic rings. The summed E-state index contributed by atoms with van der Waals surface area (Å²) >= 11 is 1.41. The molecule has 0 radical (unpaired) electrons. The van der Waals surface area contributed by atoms with Crippen molar-refractivity contribution in [3.8, 4) is 22.8 Å². The maximum absolute atomic E-state index is 13.1. The molecule has 2 saturated carbocycles. The molecule has 9 nitrogen and oxygen atoms in total. The lowest BCUT2D eigenvalue weighted by Gasteiger charge is -2.24. The summed E-state index contributed by atoms with van der Waals surface area (Å²) in [5.41, 5.74) is 1.93. The third kappa shape index (κ3) is 6.48. The van der Waals surface area contributed by atoms with E-state index >= 15 is 0 Å². The molecule has 2 atom stereocenters. The highest BCUT2D eigenvalue weighted by atomic mass is 32.1. The molecule has 2 aromatic heterocycles. The summed E-state index contributed by atoms with van der Waals surface area (Å²) in [6.07, 6.45) is -0.862. The van der Waals surface area contributed by atoms with Gasteiger partial charge in [0.25, 0.3) is 0 Å². The van der Waals surface area contributed by atoms with Gasteiger partial charge < -0.3 is 28.7 Å². The number of halogens is 3. The summed E-state index contributed by atoms with van der Waals surface area (Å²) < 4.78 is 62.2. The number of nitrogens with zero attached hydrogens (tertiary/aromatic N) is 3. The molecule has 6 rings (SSSR count). The van der Waals surface area contributed by atoms with Crippen molar-refractivity contribution in [1.82, 2.24) is 10.1 Å². The highest BCUT2D eigenvalue weighted by molar-refractivity contribution is 7.22. The average molecular weight is 632 g/mol. The fraction of sp³-hybridized carbons (Fsp3) is 0.452. The molecule has 234 valence electrons. The number of benzene rings is 2. The number of ether oxygens (including phenoxy) is 3. The minimum Gasteiger partial charge on any atom is -0.489 e. The summed E-state index contributed by atoms with van der Waals surface area (Å²) in [7, 11) is 1.97. The van der Waals surface area contributed by atoms with Crippen LogP contribution in [0.5, 0.6) is 11.5 Å². The van der Waals surface area contributed by atoms with Crippen molar-refractivity contribution in [1.29, 1.82) is 0 Å². The normalized spacial score (nSPS) is 18.7. The fourth-order valence-electron chi connectivity index (χ4n) is 5.60. The number of hydrogen-bond donors (Lipinski definition) is 1. The summed E-state index contributed by atoms with van der Waals surface area (Å²) in [4.78, 5) is 18.6. The van der Waals surface area contributed by atoms with Crippen molar-refractivity contribution in [3.05, 3.63) is 53.3 Å². The predicted octanol–water partition coefficient (Wildman–Crippen LogP) is 7.79. The van der Waals surface area contributed by atoms with Crippen molar-refractivity contribution in [3.63, 3.8) is 0 Å². The van der Waals surface area contributed by atoms with Gasteiger partial charge in [-0.3, -0.25) is 0 Å². The van der Waals surface area contributed by atoms with Gasteiger partial charge in [0.15, 0.2) is 5.13 Å². The van der Waals surface area contributed by atoms with E-state index in [1.54, 1.807) is 12.1 Å². The number of carboxylic acid groups (broad SMARTS) is 1. The zero-order valence-corrected chi connectivity index (χ0v) is 25.2. The van der Waals surface area contributed by atoms with Crippen molar-refractivity contribution in [2.45, 2.75) is 83.1 Å². The van der Waals surface area contributed by atoms with Gasteiger partial charge in [-0.05, 0) is 70.2 Å². The molecule has 0 amide bonds. The first-order valence-electron chi connectivity index (χ1n) is 14.5. The third-order valence-corrected chi connectivity index (χ3v) is 8.96. The number of carboxylic acids is 1. The number of para-hydroxylation sites is 1. The summed E-state index contributed by atoms with van der Waals surface area (Å²) in [6.45, 7) is 3.91. The Morgan fingerprint density at radius 2 is 1.93 bits per heavy atom. The molecule has 2 aromatic carbocycles. The van der Waals surface area contributed by atoms with Gasteiger partial charge in [-0.1, -0.05) is 28.6 Å². The molecule has 1 N–H and O–H groups in total. The van der Waals surface area contributed by atoms with Crippen molar-refractivity contribution in [2.24, 2.45) is 0 Å². The van der Waals surface area contributed by atoms with E-state index in [9.17, 15) is 23.1 Å². The Hall–Kier alpha value is -3.84. The Morgan fingerprint density at radius 3 is 2.64 bits per heavy atom. The number of hydrogen-bond acceptors (Lipinski definition) is 9. The quantitative estimate of drug-likeness (QED) is 0.178. The lowest BCUT2D eigenvalue weighted by molar-refractivity contribution is -0.274. The Balaban J connectivity index is 1.18. The number of thiazole rings is 1. The van der Waals surface area contributed by atoms with E-state index in [0.29, 0.717) is 28.3 Å². The predicted molar refractivity (Wildman–Crippen MR) is 158 cm³/mol. The fourth-order valence-corrected chi connectivity index (χ4v) is 6.65. The lowest BCUT2D eigenvalue weighted by Crippen LogP contribution is -2.29. The van der Waals surface area contributed by atoms with Gasteiger partial charge in [-0.15, -0.1) is 13.2 Å². The second kappa shape index (κ2) is 11.9. The van der Waals surface area contributed by atoms with E-state index in [1.807, 2.05) is 20.9 Å². The Bertz CT molecular complexity index is 1670. The Morgan fingerprint density at radius 1 is 1.16 bits per heavy atom. The van der Waals surface area contributed by atoms with Crippen LogP contribution < -0.4 is 14.4 Å². The zero-order chi connectivity index (χ0) is 31.2. The molecule has 2 fully saturated rings. The first-order valence-corrected chi connectivity index (χ1v) is 15.3. The van der Waals surface area contributed by atoms with Crippen LogP contribution in [0.1, 0.15) is 73.6 Å². The molecule has 44 heavy (non-hydrogen) atoms. The number of fused-ring (bicyclic) bond motifs is 1. The van der Waals surface area contributed by atoms with E-state index in [2.05, 4.69) is 14.8 Å². The van der Waals surface area contributed by atoms with Crippen LogP contribution in [0, 0.1) is 0 Å². The molecule has 0 aliphatic heterocycles. The monoisotopic (exact) mass is 631 g/mol. The number of aromatic carboxylic acids is 1. The van der Waals surface area contributed by atoms with Gasteiger partial charge in [0.1, 0.15) is 28.5 Å². The van der Waals surface area contributed by atoms with Gasteiger partial charge in [-0.25, -0.2) is 9.78 Å². The van der Waals surface area contributed by atoms with Crippen molar-refractivity contribution >= 4 is 32.7 Å². The van der Waals surface area contributed by atoms with Gasteiger partial charge in [0, 0.05) is 30.1 Å². The number of alkyl halides is 3. The first kappa shape index (κ1) is 30.2. The van der Waals surface area contributed by atoms with Crippen LogP contribution in [0.3, 0.4) is 0 Å². The molecule has 0 unspecified atom stereocenters. The third-order valence-electron chi connectivity index (χ3n) is 7.86. The largest absolute Gasteiger partial charge is 0.573 e. The Kier molecular flexibility index (Phi) is 8.18. The van der Waals surface area contributed by atoms with Crippen LogP contribution >= 0.6 is 11.3 Å². The minimum atomic E-state index is -4.84. The number of aromatic nitrogens is 2. The van der Waals surface area contributed by atoms with E-state index in [-0.39, 0.29) is 47.7 Å². The van der Waals surface area contributed by atoms with Gasteiger partial charge in [0.05, 0.1) is 29.1 Å². The number of anilines is 1. The number of carbonyl (C=O) groups is 1. The average Bonchev–Trinajstić information content (AvgIpc) is 3.34. The molecule has 2 aliphatic carbocycles. The lowest BCUT2D eigenvalue weighted by atomic mass is 10.0. The van der Waals surface area contributed by atoms with Crippen LogP contribution in [0.25, 0.3) is 21.5 Å². The maximum atomic E-state index is 13.1. The topological polar surface area (TPSA) is 107 Å². The highest BCUT2D eigenvalue weighted by Gasteiger charge is 2.37. The maximum Gasteiger partial charge on any atom is 0.573 e. The molecular formula is C31H32F3N3O6S. The highest BCUT2D eigenvalue weighted by Crippen LogP contribution is 2.46. The van der Waals surface area contributed by atoms with Crippen LogP contribution in [-0.2, 0) is 11.3 Å². The SMILES string of the molecule is CC(C)Oc1cc(C(=O)O)cc2sc(N(C)[C@@H]3CC[C@H](OCc4c(-c5ccccc5OC(F)(F)F)noc4C4CC4)C3)nc12. The first-order chi connectivity index (χ1) is 21.0. The molecule has 2 aliphatic rings. The molecule has 0 saturated heterocycles. The van der Waals surface area contributed by atoms with Crippen molar-refractivity contribution in [2.75, 3.05) is 11.9 Å². The summed E-state index contributed by atoms with van der Waals surface area (Å²) in [5.74, 6) is -0.0949. The van der Waals surface area contributed by atoms with Crippen molar-refractivity contribution < 1.29 is 41.8 Å². The molecular weight excluding hydrogens is 599 g/mol.